The summed E-state index contributed by atoms with van der Waals surface area (Å²) < 4.78 is 4.61. The summed E-state index contributed by atoms with van der Waals surface area (Å²) in [6.45, 7) is 0. The van der Waals surface area contributed by atoms with Crippen LogP contribution in [0.1, 0.15) is 0 Å². The molecule has 18 aromatic carbocycles. The molecule has 0 aliphatic heterocycles. The Balaban J connectivity index is 0.000000140. The number of hydrogen-bond donors (Lipinski definition) is 0. The zero-order chi connectivity index (χ0) is 72.6. The maximum atomic E-state index is 5.24. The second-order valence-corrected chi connectivity index (χ2v) is 28.5. The van der Waals surface area contributed by atoms with Crippen LogP contribution < -0.4 is 0 Å². The van der Waals surface area contributed by atoms with Crippen molar-refractivity contribution in [3.05, 3.63) is 400 Å². The third kappa shape index (κ3) is 11.4. The van der Waals surface area contributed by atoms with E-state index in [0.29, 0.717) is 11.6 Å². The number of aromatic nitrogens is 6. The minimum Gasteiger partial charge on any atom is -0.294 e. The van der Waals surface area contributed by atoms with E-state index in [1.165, 1.54) is 131 Å². The number of benzene rings is 18. The molecule has 0 saturated carbocycles. The van der Waals surface area contributed by atoms with Crippen LogP contribution in [0.3, 0.4) is 0 Å². The summed E-state index contributed by atoms with van der Waals surface area (Å²) in [5.41, 5.74) is 20.0. The molecule has 0 aliphatic rings. The van der Waals surface area contributed by atoms with Crippen LogP contribution in [0.15, 0.2) is 400 Å². The van der Waals surface area contributed by atoms with Crippen molar-refractivity contribution in [3.8, 4) is 101 Å². The van der Waals surface area contributed by atoms with Gasteiger partial charge in [-0.05, 0) is 176 Å². The van der Waals surface area contributed by atoms with Crippen LogP contribution >= 0.6 is 0 Å². The fourth-order valence-corrected chi connectivity index (χ4v) is 16.5. The number of para-hydroxylation sites is 2. The number of hydrogen-bond acceptors (Lipinski definition) is 4. The van der Waals surface area contributed by atoms with E-state index < -0.39 is 0 Å². The van der Waals surface area contributed by atoms with E-state index in [9.17, 15) is 0 Å². The van der Waals surface area contributed by atoms with E-state index in [1.54, 1.807) is 0 Å². The Bertz CT molecular complexity index is 7260. The highest BCUT2D eigenvalue weighted by atomic mass is 15.1. The van der Waals surface area contributed by atoms with Gasteiger partial charge in [-0.15, -0.1) is 0 Å². The first-order valence-corrected chi connectivity index (χ1v) is 37.5. The maximum Gasteiger partial charge on any atom is 0.162 e. The van der Waals surface area contributed by atoms with Gasteiger partial charge in [0.1, 0.15) is 11.6 Å². The molecule has 110 heavy (non-hydrogen) atoms. The number of rotatable bonds is 10. The van der Waals surface area contributed by atoms with Crippen molar-refractivity contribution in [1.29, 1.82) is 0 Å². The van der Waals surface area contributed by atoms with Crippen molar-refractivity contribution in [2.24, 2.45) is 0 Å². The lowest BCUT2D eigenvalue weighted by molar-refractivity contribution is 1.05. The smallest absolute Gasteiger partial charge is 0.162 e. The molecule has 0 N–H and O–H groups in total. The first kappa shape index (κ1) is 63.7. The van der Waals surface area contributed by atoms with Crippen molar-refractivity contribution < 1.29 is 0 Å². The van der Waals surface area contributed by atoms with Gasteiger partial charge in [0.2, 0.25) is 0 Å². The van der Waals surface area contributed by atoms with Crippen LogP contribution in [0.2, 0.25) is 0 Å². The fourth-order valence-electron chi connectivity index (χ4n) is 16.5. The van der Waals surface area contributed by atoms with Gasteiger partial charge in [-0.2, -0.15) is 0 Å². The molecule has 0 fully saturated rings. The molecule has 4 heterocycles. The zero-order valence-electron chi connectivity index (χ0n) is 59.8. The summed E-state index contributed by atoms with van der Waals surface area (Å²) in [7, 11) is 0. The SMILES string of the molecule is c1ccc(-c2cc(-n3c4ccccc4c4c5cc(-c6ccc7cc(-c8ccc9ccccc9c8)ccc7c6)ccc5ccc43)nc(-c3ccccc3)n2)cc1.c1ccc(-c2cc(-n3c4ccccc4c4c5cc(-c6ccc7cc(-c8cccc9ccccc89)ccc7c6)ccc5ccc43)nc(-c3ccccc3)n2)cc1. The second kappa shape index (κ2) is 26.7. The summed E-state index contributed by atoms with van der Waals surface area (Å²) in [5.74, 6) is 3.08. The van der Waals surface area contributed by atoms with Gasteiger partial charge in [0.05, 0.1) is 33.5 Å². The quantitative estimate of drug-likeness (QED) is 0.137. The molecule has 6 nitrogen and oxygen atoms in total. The Morgan fingerprint density at radius 3 is 0.927 bits per heavy atom. The Kier molecular flexibility index (Phi) is 15.5. The summed E-state index contributed by atoms with van der Waals surface area (Å²) in [5, 5.41) is 19.7. The standard InChI is InChI=1S/2C52H33N3/c1-3-13-36(14-4-1)47-33-50(54-52(53-47)37-15-5-2-6-16-37)55-48-21-10-9-19-45(48)51-46-32-41(23-22-35(46)28-29-49(51)55)39-24-25-40-31-42(27-26-38(40)30-39)44-20-11-17-34-12-7-8-18-43(34)44;1-3-12-36(13-4-1)47-33-50(54-52(53-47)37-14-5-2-6-15-37)55-48-18-10-9-17-45(48)51-46-32-44(22-20-35(46)27-28-49(51)55)43-26-25-41-30-40(23-24-42(41)31-43)39-21-19-34-11-7-8-16-38(34)29-39/h2*1-33H. The zero-order valence-corrected chi connectivity index (χ0v) is 59.8. The topological polar surface area (TPSA) is 61.4 Å². The molecule has 22 rings (SSSR count). The lowest BCUT2D eigenvalue weighted by Gasteiger charge is -2.12. The van der Waals surface area contributed by atoms with E-state index in [-0.39, 0.29) is 0 Å². The fraction of sp³-hybridized carbons (Fsp3) is 0. The van der Waals surface area contributed by atoms with Gasteiger partial charge in [-0.25, -0.2) is 19.9 Å². The molecule has 0 amide bonds. The van der Waals surface area contributed by atoms with Gasteiger partial charge in [0.25, 0.3) is 0 Å². The summed E-state index contributed by atoms with van der Waals surface area (Å²) in [4.78, 5) is 20.6. The molecule has 0 unspecified atom stereocenters. The average molecular weight is 1400 g/mol. The van der Waals surface area contributed by atoms with Gasteiger partial charge >= 0.3 is 0 Å². The van der Waals surface area contributed by atoms with E-state index in [2.05, 4.69) is 361 Å². The van der Waals surface area contributed by atoms with E-state index in [1.807, 2.05) is 48.5 Å². The second-order valence-electron chi connectivity index (χ2n) is 28.5. The molecule has 0 radical (unpaired) electrons. The lowest BCUT2D eigenvalue weighted by Crippen LogP contribution is -2.02. The number of nitrogens with zero attached hydrogens (tertiary/aromatic N) is 6. The summed E-state index contributed by atoms with van der Waals surface area (Å²) in [6, 6.07) is 143. The van der Waals surface area contributed by atoms with Crippen LogP contribution in [0.4, 0.5) is 0 Å². The van der Waals surface area contributed by atoms with Crippen LogP contribution in [-0.4, -0.2) is 29.1 Å². The first-order valence-electron chi connectivity index (χ1n) is 37.5. The molecule has 4 aromatic heterocycles. The Labute approximate surface area is 635 Å². The predicted octanol–water partition coefficient (Wildman–Crippen LogP) is 27.4. The maximum absolute atomic E-state index is 5.24. The minimum absolute atomic E-state index is 0.700. The first-order chi connectivity index (χ1) is 54.5. The van der Waals surface area contributed by atoms with Crippen molar-refractivity contribution in [2.75, 3.05) is 0 Å². The Hall–Kier alpha value is -14.7. The highest BCUT2D eigenvalue weighted by Crippen LogP contribution is 2.43. The van der Waals surface area contributed by atoms with Gasteiger partial charge in [-0.3, -0.25) is 9.13 Å². The number of fused-ring (bicyclic) bond motifs is 14. The molecule has 6 heteroatoms. The van der Waals surface area contributed by atoms with Crippen LogP contribution in [0.25, 0.3) is 210 Å². The van der Waals surface area contributed by atoms with E-state index in [4.69, 9.17) is 19.9 Å². The van der Waals surface area contributed by atoms with Gasteiger partial charge in [0.15, 0.2) is 11.6 Å². The van der Waals surface area contributed by atoms with Crippen molar-refractivity contribution in [2.45, 2.75) is 0 Å². The average Bonchev–Trinajstić information content (AvgIpc) is 1.57. The molecular formula is C104H66N6. The van der Waals surface area contributed by atoms with Gasteiger partial charge < -0.3 is 0 Å². The van der Waals surface area contributed by atoms with Crippen molar-refractivity contribution >= 4 is 108 Å². The van der Waals surface area contributed by atoms with Crippen molar-refractivity contribution in [1.82, 2.24) is 29.1 Å². The molecule has 0 atom stereocenters. The third-order valence-corrected chi connectivity index (χ3v) is 21.9. The monoisotopic (exact) mass is 1400 g/mol. The van der Waals surface area contributed by atoms with Crippen LogP contribution in [0.5, 0.6) is 0 Å². The van der Waals surface area contributed by atoms with E-state index >= 15 is 0 Å². The summed E-state index contributed by atoms with van der Waals surface area (Å²) >= 11 is 0. The lowest BCUT2D eigenvalue weighted by atomic mass is 9.94. The van der Waals surface area contributed by atoms with Crippen LogP contribution in [0, 0.1) is 0 Å². The summed E-state index contributed by atoms with van der Waals surface area (Å²) in [6.07, 6.45) is 0. The third-order valence-electron chi connectivity index (χ3n) is 21.9. The highest BCUT2D eigenvalue weighted by molar-refractivity contribution is 6.23. The molecule has 0 saturated heterocycles. The molecular weight excluding hydrogens is 1330 g/mol. The largest absolute Gasteiger partial charge is 0.294 e. The van der Waals surface area contributed by atoms with Gasteiger partial charge in [0, 0.05) is 55.9 Å². The highest BCUT2D eigenvalue weighted by Gasteiger charge is 2.22. The molecule has 512 valence electrons. The Morgan fingerprint density at radius 1 is 0.164 bits per heavy atom. The molecule has 0 spiro atoms. The molecule has 0 aliphatic carbocycles. The minimum atomic E-state index is 0.700. The van der Waals surface area contributed by atoms with Gasteiger partial charge in [-0.1, -0.05) is 322 Å². The predicted molar refractivity (Wildman–Crippen MR) is 461 cm³/mol. The van der Waals surface area contributed by atoms with Crippen molar-refractivity contribution in [3.63, 3.8) is 0 Å². The molecule has 22 aromatic rings. The van der Waals surface area contributed by atoms with Crippen LogP contribution in [-0.2, 0) is 0 Å². The normalized spacial score (nSPS) is 11.6. The van der Waals surface area contributed by atoms with E-state index in [0.717, 1.165) is 67.3 Å². The molecule has 0 bridgehead atoms. The Morgan fingerprint density at radius 2 is 0.473 bits per heavy atom.